The minimum absolute atomic E-state index is 0.0117. The first-order chi connectivity index (χ1) is 16.9. The second-order valence-corrected chi connectivity index (χ2v) is 9.83. The smallest absolute Gasteiger partial charge is 0.408 e. The number of aliphatic carboxylic acids is 1. The quantitative estimate of drug-likeness (QED) is 0.681. The van der Waals surface area contributed by atoms with Crippen LogP contribution < -0.4 is 5.32 Å². The highest BCUT2D eigenvalue weighted by molar-refractivity contribution is 5.94. The highest BCUT2D eigenvalue weighted by atomic mass is 16.6. The molecule has 5 rings (SSSR count). The summed E-state index contributed by atoms with van der Waals surface area (Å²) in [5.41, 5.74) is 1.81. The average Bonchev–Trinajstić information content (AvgIpc) is 3.46. The third-order valence-electron chi connectivity index (χ3n) is 7.71. The molecule has 2 aromatic rings. The highest BCUT2D eigenvalue weighted by Gasteiger charge is 2.53. The Bertz CT molecular complexity index is 1110. The Kier molecular flexibility index (Phi) is 6.01. The van der Waals surface area contributed by atoms with E-state index in [0.717, 1.165) is 35.1 Å². The van der Waals surface area contributed by atoms with Gasteiger partial charge in [-0.3, -0.25) is 4.79 Å². The van der Waals surface area contributed by atoms with Crippen LogP contribution in [0.2, 0.25) is 0 Å². The van der Waals surface area contributed by atoms with Crippen LogP contribution in [-0.4, -0.2) is 65.4 Å². The lowest BCUT2D eigenvalue weighted by Gasteiger charge is -2.45. The van der Waals surface area contributed by atoms with Crippen molar-refractivity contribution in [3.05, 3.63) is 59.7 Å². The van der Waals surface area contributed by atoms with Crippen molar-refractivity contribution >= 4 is 18.0 Å². The number of hydrogen-bond donors (Lipinski definition) is 2. The molecule has 2 aromatic carbocycles. The zero-order valence-corrected chi connectivity index (χ0v) is 19.8. The Balaban J connectivity index is 1.32. The van der Waals surface area contributed by atoms with E-state index in [1.807, 2.05) is 36.4 Å². The number of carbonyl (C=O) groups is 3. The SMILES string of the molecule is CC1(C(=O)O)CCCCN1C(=O)C1(NC(=O)OCC2c3ccccc3-c3ccccc32)CCOC1. The van der Waals surface area contributed by atoms with Crippen LogP contribution in [0, 0.1) is 0 Å². The van der Waals surface area contributed by atoms with Gasteiger partial charge in [-0.2, -0.15) is 0 Å². The summed E-state index contributed by atoms with van der Waals surface area (Å²) >= 11 is 0. The molecule has 1 aliphatic carbocycles. The van der Waals surface area contributed by atoms with Crippen molar-refractivity contribution in [3.8, 4) is 11.1 Å². The number of carboxylic acids is 1. The van der Waals surface area contributed by atoms with Gasteiger partial charge in [0.25, 0.3) is 5.91 Å². The van der Waals surface area contributed by atoms with E-state index in [1.54, 1.807) is 6.92 Å². The van der Waals surface area contributed by atoms with Crippen molar-refractivity contribution in [2.45, 2.75) is 49.6 Å². The largest absolute Gasteiger partial charge is 0.480 e. The number of amides is 2. The number of nitrogens with zero attached hydrogens (tertiary/aromatic N) is 1. The molecular weight excluding hydrogens is 448 g/mol. The van der Waals surface area contributed by atoms with Gasteiger partial charge in [-0.1, -0.05) is 48.5 Å². The van der Waals surface area contributed by atoms with Gasteiger partial charge >= 0.3 is 12.1 Å². The molecule has 8 heteroatoms. The summed E-state index contributed by atoms with van der Waals surface area (Å²) in [5.74, 6) is -1.56. The summed E-state index contributed by atoms with van der Waals surface area (Å²) < 4.78 is 11.2. The zero-order chi connectivity index (χ0) is 24.6. The lowest BCUT2D eigenvalue weighted by atomic mass is 9.85. The van der Waals surface area contributed by atoms with E-state index in [4.69, 9.17) is 9.47 Å². The maximum absolute atomic E-state index is 13.7. The summed E-state index contributed by atoms with van der Waals surface area (Å²) in [4.78, 5) is 40.1. The molecule has 2 fully saturated rings. The van der Waals surface area contributed by atoms with Gasteiger partial charge in [-0.25, -0.2) is 9.59 Å². The Morgan fingerprint density at radius 1 is 1.06 bits per heavy atom. The topological polar surface area (TPSA) is 105 Å². The van der Waals surface area contributed by atoms with Gasteiger partial charge < -0.3 is 24.8 Å². The fourth-order valence-corrected chi connectivity index (χ4v) is 5.64. The first-order valence-electron chi connectivity index (χ1n) is 12.1. The number of likely N-dealkylation sites (tertiary alicyclic amines) is 1. The normalized spacial score (nSPS) is 25.6. The number of carboxylic acid groups (broad SMARTS) is 1. The minimum atomic E-state index is -1.34. The van der Waals surface area contributed by atoms with Gasteiger partial charge in [0.05, 0.1) is 6.61 Å². The van der Waals surface area contributed by atoms with Crippen LogP contribution in [0.25, 0.3) is 11.1 Å². The fraction of sp³-hybridized carbons (Fsp3) is 0.444. The van der Waals surface area contributed by atoms with E-state index < -0.39 is 29.0 Å². The predicted molar refractivity (Wildman–Crippen MR) is 128 cm³/mol. The number of alkyl carbamates (subject to hydrolysis) is 1. The van der Waals surface area contributed by atoms with Crippen LogP contribution in [0.4, 0.5) is 4.79 Å². The molecular formula is C27H30N2O6. The molecule has 0 radical (unpaired) electrons. The first kappa shape index (κ1) is 23.4. The van der Waals surface area contributed by atoms with Crippen molar-refractivity contribution in [3.63, 3.8) is 0 Å². The number of ether oxygens (including phenoxy) is 2. The third kappa shape index (κ3) is 3.95. The summed E-state index contributed by atoms with van der Waals surface area (Å²) in [7, 11) is 0. The molecule has 8 nitrogen and oxygen atoms in total. The van der Waals surface area contributed by atoms with Crippen molar-refractivity contribution in [1.82, 2.24) is 10.2 Å². The van der Waals surface area contributed by atoms with E-state index in [0.29, 0.717) is 19.6 Å². The third-order valence-corrected chi connectivity index (χ3v) is 7.71. The molecule has 0 aromatic heterocycles. The summed E-state index contributed by atoms with van der Waals surface area (Å²) in [6, 6.07) is 16.1. The molecule has 0 saturated carbocycles. The van der Waals surface area contributed by atoms with Crippen LogP contribution in [0.3, 0.4) is 0 Å². The van der Waals surface area contributed by atoms with Crippen LogP contribution in [0.5, 0.6) is 0 Å². The second-order valence-electron chi connectivity index (χ2n) is 9.83. The lowest BCUT2D eigenvalue weighted by Crippen LogP contribution is -2.67. The number of hydrogen-bond acceptors (Lipinski definition) is 5. The van der Waals surface area contributed by atoms with Gasteiger partial charge in [0.1, 0.15) is 17.7 Å². The van der Waals surface area contributed by atoms with Crippen molar-refractivity contribution in [2.75, 3.05) is 26.4 Å². The van der Waals surface area contributed by atoms with Crippen molar-refractivity contribution < 1.29 is 29.0 Å². The van der Waals surface area contributed by atoms with Crippen LogP contribution in [-0.2, 0) is 19.1 Å². The molecule has 35 heavy (non-hydrogen) atoms. The molecule has 2 atom stereocenters. The van der Waals surface area contributed by atoms with Crippen molar-refractivity contribution in [1.29, 1.82) is 0 Å². The fourth-order valence-electron chi connectivity index (χ4n) is 5.64. The van der Waals surface area contributed by atoms with Gasteiger partial charge in [0.2, 0.25) is 0 Å². The van der Waals surface area contributed by atoms with E-state index in [1.165, 1.54) is 4.90 Å². The van der Waals surface area contributed by atoms with Crippen LogP contribution >= 0.6 is 0 Å². The minimum Gasteiger partial charge on any atom is -0.480 e. The molecule has 2 heterocycles. The molecule has 2 N–H and O–H groups in total. The Hall–Kier alpha value is -3.39. The molecule has 2 unspecified atom stereocenters. The number of carbonyl (C=O) groups excluding carboxylic acids is 2. The number of rotatable bonds is 5. The Morgan fingerprint density at radius 3 is 2.31 bits per heavy atom. The van der Waals surface area contributed by atoms with E-state index >= 15 is 0 Å². The molecule has 3 aliphatic rings. The molecule has 0 spiro atoms. The lowest BCUT2D eigenvalue weighted by molar-refractivity contribution is -0.164. The average molecular weight is 479 g/mol. The number of fused-ring (bicyclic) bond motifs is 3. The maximum Gasteiger partial charge on any atom is 0.408 e. The zero-order valence-electron chi connectivity index (χ0n) is 19.8. The summed E-state index contributed by atoms with van der Waals surface area (Å²) in [6.07, 6.45) is 1.38. The Morgan fingerprint density at radius 2 is 1.71 bits per heavy atom. The van der Waals surface area contributed by atoms with Gasteiger partial charge in [-0.15, -0.1) is 0 Å². The van der Waals surface area contributed by atoms with Gasteiger partial charge in [0, 0.05) is 25.5 Å². The van der Waals surface area contributed by atoms with Gasteiger partial charge in [-0.05, 0) is 48.4 Å². The monoisotopic (exact) mass is 478 g/mol. The molecule has 184 valence electrons. The molecule has 2 saturated heterocycles. The Labute approximate surface area is 204 Å². The van der Waals surface area contributed by atoms with E-state index in [9.17, 15) is 19.5 Å². The van der Waals surface area contributed by atoms with Crippen LogP contribution in [0.15, 0.2) is 48.5 Å². The predicted octanol–water partition coefficient (Wildman–Crippen LogP) is 3.54. The first-order valence-corrected chi connectivity index (χ1v) is 12.1. The second kappa shape index (κ2) is 9.00. The number of piperidine rings is 1. The number of nitrogens with one attached hydrogen (secondary N) is 1. The van der Waals surface area contributed by atoms with Crippen molar-refractivity contribution in [2.24, 2.45) is 0 Å². The standard InChI is InChI=1S/C27H30N2O6/c1-26(24(31)32)12-6-7-14-29(26)23(30)27(13-15-34-17-27)28-25(33)35-16-22-20-10-4-2-8-18(20)19-9-3-5-11-21(19)22/h2-5,8-11,22H,6-7,12-17H2,1H3,(H,28,33)(H,31,32). The summed E-state index contributed by atoms with van der Waals surface area (Å²) in [5, 5.41) is 12.6. The van der Waals surface area contributed by atoms with Gasteiger partial charge in [0.15, 0.2) is 0 Å². The van der Waals surface area contributed by atoms with E-state index in [2.05, 4.69) is 17.4 Å². The molecule has 2 aliphatic heterocycles. The molecule has 0 bridgehead atoms. The number of benzene rings is 2. The van der Waals surface area contributed by atoms with Crippen LogP contribution in [0.1, 0.15) is 49.7 Å². The highest BCUT2D eigenvalue weighted by Crippen LogP contribution is 2.44. The van der Waals surface area contributed by atoms with E-state index in [-0.39, 0.29) is 25.6 Å². The molecule has 2 amide bonds. The summed E-state index contributed by atoms with van der Waals surface area (Å²) in [6.45, 7) is 2.32. The maximum atomic E-state index is 13.7.